The van der Waals surface area contributed by atoms with Crippen molar-refractivity contribution >= 4 is 11.9 Å². The standard InChI is InChI=1S/C14H21NO3/c1-7(14(17)18)6-15(2)13(16)12-10-8-3-4-9(5-8)11(10)12/h7-12H,3-6H2,1-2H3,(H,17,18). The Bertz CT molecular complexity index is 379. The predicted octanol–water partition coefficient (Wildman–Crippen LogP) is 1.46. The summed E-state index contributed by atoms with van der Waals surface area (Å²) in [4.78, 5) is 24.8. The number of carbonyl (C=O) groups excluding carboxylic acids is 1. The van der Waals surface area contributed by atoms with Crippen molar-refractivity contribution in [3.05, 3.63) is 0 Å². The normalized spacial score (nSPS) is 41.3. The van der Waals surface area contributed by atoms with Gasteiger partial charge in [-0.3, -0.25) is 9.59 Å². The Hall–Kier alpha value is -1.06. The van der Waals surface area contributed by atoms with Gasteiger partial charge in [-0.2, -0.15) is 0 Å². The molecule has 4 heteroatoms. The molecule has 5 atom stereocenters. The van der Waals surface area contributed by atoms with Crippen molar-refractivity contribution in [1.82, 2.24) is 4.90 Å². The number of carbonyl (C=O) groups is 2. The van der Waals surface area contributed by atoms with Crippen LogP contribution in [0.25, 0.3) is 0 Å². The van der Waals surface area contributed by atoms with Crippen molar-refractivity contribution in [2.24, 2.45) is 35.5 Å². The summed E-state index contributed by atoms with van der Waals surface area (Å²) in [5.74, 6) is 1.97. The Labute approximate surface area is 107 Å². The number of carboxylic acid groups (broad SMARTS) is 1. The number of rotatable bonds is 4. The highest BCUT2D eigenvalue weighted by Gasteiger charge is 2.67. The fourth-order valence-electron chi connectivity index (χ4n) is 4.49. The highest BCUT2D eigenvalue weighted by atomic mass is 16.4. The lowest BCUT2D eigenvalue weighted by Gasteiger charge is -2.21. The minimum Gasteiger partial charge on any atom is -0.481 e. The summed E-state index contributed by atoms with van der Waals surface area (Å²) < 4.78 is 0. The third kappa shape index (κ3) is 1.65. The zero-order valence-electron chi connectivity index (χ0n) is 11.0. The largest absolute Gasteiger partial charge is 0.481 e. The second-order valence-corrected chi connectivity index (χ2v) is 6.47. The average Bonchev–Trinajstić information content (AvgIpc) is 2.75. The molecular formula is C14H21NO3. The van der Waals surface area contributed by atoms with E-state index in [1.807, 2.05) is 0 Å². The number of hydrogen-bond donors (Lipinski definition) is 1. The molecule has 3 saturated carbocycles. The molecule has 0 aromatic rings. The van der Waals surface area contributed by atoms with E-state index < -0.39 is 11.9 Å². The van der Waals surface area contributed by atoms with Crippen molar-refractivity contribution in [3.8, 4) is 0 Å². The van der Waals surface area contributed by atoms with E-state index in [9.17, 15) is 9.59 Å². The molecule has 3 aliphatic rings. The van der Waals surface area contributed by atoms with Crippen LogP contribution >= 0.6 is 0 Å². The summed E-state index contributed by atoms with van der Waals surface area (Å²) in [6, 6.07) is 0. The monoisotopic (exact) mass is 251 g/mol. The first kappa shape index (κ1) is 12.0. The van der Waals surface area contributed by atoms with Crippen molar-refractivity contribution in [2.75, 3.05) is 13.6 Å². The lowest BCUT2D eigenvalue weighted by molar-refractivity contribution is -0.143. The number of nitrogens with zero attached hydrogens (tertiary/aromatic N) is 1. The minimum absolute atomic E-state index is 0.190. The molecule has 3 fully saturated rings. The van der Waals surface area contributed by atoms with Crippen LogP contribution in [0, 0.1) is 35.5 Å². The fourth-order valence-corrected chi connectivity index (χ4v) is 4.49. The molecule has 4 nitrogen and oxygen atoms in total. The molecule has 0 saturated heterocycles. The van der Waals surface area contributed by atoms with Crippen LogP contribution in [0.15, 0.2) is 0 Å². The third-order valence-corrected chi connectivity index (χ3v) is 5.37. The molecule has 0 heterocycles. The van der Waals surface area contributed by atoms with Gasteiger partial charge in [-0.15, -0.1) is 0 Å². The number of carboxylic acids is 1. The van der Waals surface area contributed by atoms with Gasteiger partial charge in [0.05, 0.1) is 5.92 Å². The van der Waals surface area contributed by atoms with Gasteiger partial charge in [0.1, 0.15) is 0 Å². The van der Waals surface area contributed by atoms with Gasteiger partial charge in [-0.1, -0.05) is 6.92 Å². The molecule has 0 aliphatic heterocycles. The molecule has 100 valence electrons. The molecule has 0 radical (unpaired) electrons. The van der Waals surface area contributed by atoms with E-state index in [2.05, 4.69) is 0 Å². The van der Waals surface area contributed by atoms with Crippen LogP contribution in [0.4, 0.5) is 0 Å². The van der Waals surface area contributed by atoms with Crippen LogP contribution in [-0.2, 0) is 9.59 Å². The van der Waals surface area contributed by atoms with Gasteiger partial charge < -0.3 is 10.0 Å². The quantitative estimate of drug-likeness (QED) is 0.823. The highest BCUT2D eigenvalue weighted by molar-refractivity contribution is 5.83. The lowest BCUT2D eigenvalue weighted by atomic mass is 10.0. The van der Waals surface area contributed by atoms with Crippen LogP contribution in [0.3, 0.4) is 0 Å². The van der Waals surface area contributed by atoms with E-state index in [1.54, 1.807) is 18.9 Å². The summed E-state index contributed by atoms with van der Waals surface area (Å²) in [6.07, 6.45) is 3.96. The van der Waals surface area contributed by atoms with Crippen LogP contribution in [0.1, 0.15) is 26.2 Å². The summed E-state index contributed by atoms with van der Waals surface area (Å²) in [7, 11) is 1.75. The zero-order chi connectivity index (χ0) is 13.0. The van der Waals surface area contributed by atoms with Gasteiger partial charge in [0.25, 0.3) is 0 Å². The summed E-state index contributed by atoms with van der Waals surface area (Å²) in [6.45, 7) is 1.99. The second-order valence-electron chi connectivity index (χ2n) is 6.47. The Morgan fingerprint density at radius 3 is 2.33 bits per heavy atom. The van der Waals surface area contributed by atoms with E-state index >= 15 is 0 Å². The molecule has 0 spiro atoms. The first-order valence-electron chi connectivity index (χ1n) is 6.98. The van der Waals surface area contributed by atoms with E-state index in [0.717, 1.165) is 11.8 Å². The fraction of sp³-hybridized carbons (Fsp3) is 0.857. The van der Waals surface area contributed by atoms with Gasteiger partial charge in [-0.05, 0) is 42.9 Å². The van der Waals surface area contributed by atoms with Crippen LogP contribution in [0.2, 0.25) is 0 Å². The highest BCUT2D eigenvalue weighted by Crippen LogP contribution is 2.69. The average molecular weight is 251 g/mol. The summed E-state index contributed by atoms with van der Waals surface area (Å²) >= 11 is 0. The smallest absolute Gasteiger partial charge is 0.308 e. The Balaban J connectivity index is 1.58. The topological polar surface area (TPSA) is 57.6 Å². The first-order valence-corrected chi connectivity index (χ1v) is 6.98. The van der Waals surface area contributed by atoms with Gasteiger partial charge in [0.15, 0.2) is 0 Å². The maximum absolute atomic E-state index is 12.3. The maximum Gasteiger partial charge on any atom is 0.308 e. The number of fused-ring (bicyclic) bond motifs is 5. The van der Waals surface area contributed by atoms with Gasteiger partial charge >= 0.3 is 5.97 Å². The van der Waals surface area contributed by atoms with Crippen molar-refractivity contribution < 1.29 is 14.7 Å². The Kier molecular flexibility index (Phi) is 2.65. The minimum atomic E-state index is -0.828. The molecule has 1 N–H and O–H groups in total. The molecule has 1 amide bonds. The SMILES string of the molecule is CC(CN(C)C(=O)C1C2C3CCC(C3)C12)C(=O)O. The zero-order valence-corrected chi connectivity index (χ0v) is 11.0. The second kappa shape index (κ2) is 3.97. The van der Waals surface area contributed by atoms with Gasteiger partial charge in [0.2, 0.25) is 5.91 Å². The van der Waals surface area contributed by atoms with E-state index in [1.165, 1.54) is 19.3 Å². The van der Waals surface area contributed by atoms with E-state index in [4.69, 9.17) is 5.11 Å². The molecular weight excluding hydrogens is 230 g/mol. The van der Waals surface area contributed by atoms with Crippen molar-refractivity contribution in [3.63, 3.8) is 0 Å². The number of amides is 1. The van der Waals surface area contributed by atoms with Crippen LogP contribution in [-0.4, -0.2) is 35.5 Å². The lowest BCUT2D eigenvalue weighted by Crippen LogP contribution is -2.35. The molecule has 3 rings (SSSR count). The Morgan fingerprint density at radius 1 is 1.28 bits per heavy atom. The summed E-state index contributed by atoms with van der Waals surface area (Å²) in [5, 5.41) is 8.88. The first-order chi connectivity index (χ1) is 8.50. The number of hydrogen-bond acceptors (Lipinski definition) is 2. The van der Waals surface area contributed by atoms with Crippen LogP contribution < -0.4 is 0 Å². The molecule has 5 unspecified atom stereocenters. The van der Waals surface area contributed by atoms with Crippen molar-refractivity contribution in [1.29, 1.82) is 0 Å². The predicted molar refractivity (Wildman–Crippen MR) is 65.7 cm³/mol. The molecule has 3 aliphatic carbocycles. The van der Waals surface area contributed by atoms with Gasteiger partial charge in [-0.25, -0.2) is 0 Å². The van der Waals surface area contributed by atoms with E-state index in [-0.39, 0.29) is 11.8 Å². The van der Waals surface area contributed by atoms with Gasteiger partial charge in [0, 0.05) is 19.5 Å². The third-order valence-electron chi connectivity index (χ3n) is 5.37. The molecule has 0 aromatic carbocycles. The molecule has 18 heavy (non-hydrogen) atoms. The maximum atomic E-state index is 12.3. The molecule has 2 bridgehead atoms. The number of aliphatic carboxylic acids is 1. The summed E-state index contributed by atoms with van der Waals surface area (Å²) in [5.41, 5.74) is 0. The Morgan fingerprint density at radius 2 is 1.83 bits per heavy atom. The van der Waals surface area contributed by atoms with Crippen LogP contribution in [0.5, 0.6) is 0 Å². The van der Waals surface area contributed by atoms with Crippen molar-refractivity contribution in [2.45, 2.75) is 26.2 Å². The molecule has 0 aromatic heterocycles. The van der Waals surface area contributed by atoms with E-state index in [0.29, 0.717) is 18.4 Å².